The second-order valence-corrected chi connectivity index (χ2v) is 9.52. The van der Waals surface area contributed by atoms with Crippen LogP contribution >= 0.6 is 30.3 Å². The normalized spacial score (nSPS) is 13.6. The molecule has 6 nitrogen and oxygen atoms in total. The highest BCUT2D eigenvalue weighted by molar-refractivity contribution is 14.2. The summed E-state index contributed by atoms with van der Waals surface area (Å²) in [6.45, 7) is 9.61. The third-order valence-electron chi connectivity index (χ3n) is 5.94. The first kappa shape index (κ1) is 26.4. The van der Waals surface area contributed by atoms with Crippen LogP contribution in [0.5, 0.6) is 5.75 Å². The summed E-state index contributed by atoms with van der Waals surface area (Å²) < 4.78 is 13.3. The number of nitriles is 1. The van der Waals surface area contributed by atoms with Gasteiger partial charge < -0.3 is 9.47 Å². The Morgan fingerprint density at radius 3 is 2.62 bits per heavy atom. The van der Waals surface area contributed by atoms with Gasteiger partial charge in [-0.05, 0) is 54.8 Å². The highest BCUT2D eigenvalue weighted by Gasteiger charge is 2.33. The summed E-state index contributed by atoms with van der Waals surface area (Å²) in [6.07, 6.45) is 2.28. The first-order chi connectivity index (χ1) is 16.5. The molecular weight excluding hydrogens is 561 g/mol. The fraction of sp³-hybridized carbons (Fsp3) is 0.385. The summed E-state index contributed by atoms with van der Waals surface area (Å²) in [4.78, 5) is 15.0. The van der Waals surface area contributed by atoms with Crippen molar-refractivity contribution < 1.29 is 14.3 Å². The minimum Gasteiger partial charge on any atom is -0.496 e. The molecule has 0 spiro atoms. The van der Waals surface area contributed by atoms with Crippen LogP contribution in [-0.4, -0.2) is 28.6 Å². The molecule has 0 radical (unpaired) electrons. The van der Waals surface area contributed by atoms with Gasteiger partial charge in [0.25, 0.3) is 0 Å². The lowest BCUT2D eigenvalue weighted by atomic mass is 9.95. The van der Waals surface area contributed by atoms with E-state index in [0.29, 0.717) is 25.3 Å². The minimum absolute atomic E-state index is 0.222. The van der Waals surface area contributed by atoms with Crippen molar-refractivity contribution in [2.75, 3.05) is 13.7 Å². The van der Waals surface area contributed by atoms with Gasteiger partial charge in [-0.3, -0.25) is 13.7 Å². The molecule has 0 saturated carbocycles. The Bertz CT molecular complexity index is 1220. The molecule has 0 saturated heterocycles. The van der Waals surface area contributed by atoms with E-state index in [1.807, 2.05) is 39.0 Å². The number of ether oxygens (including phenoxy) is 2. The lowest BCUT2D eigenvalue weighted by molar-refractivity contribution is -0.144. The average Bonchev–Trinajstić information content (AvgIpc) is 3.48. The van der Waals surface area contributed by atoms with Crippen LogP contribution in [-0.2, 0) is 22.6 Å². The summed E-state index contributed by atoms with van der Waals surface area (Å²) in [7, 11) is 3.29. The van der Waals surface area contributed by atoms with Crippen LogP contribution in [0.2, 0.25) is 0 Å². The molecule has 0 fully saturated rings. The van der Waals surface area contributed by atoms with Crippen LogP contribution in [0.3, 0.4) is 0 Å². The first-order valence-corrected chi connectivity index (χ1v) is 14.7. The predicted octanol–water partition coefficient (Wildman–Crippen LogP) is 6.71. The molecule has 1 aliphatic rings. The fourth-order valence-corrected chi connectivity index (χ4v) is 5.97. The molecule has 4 rings (SSSR count). The number of hydrogen-bond acceptors (Lipinski definition) is 6. The maximum absolute atomic E-state index is 12.7. The quantitative estimate of drug-likeness (QED) is 0.225. The zero-order valence-electron chi connectivity index (χ0n) is 20.2. The SMILES string of the molecule is CC.CCOC(=O)CC(c1c(OC)cc(C)c2c1ccn2SI)N1Cc2ccc(C#N)cc2C1. The number of aromatic nitrogens is 1. The first-order valence-electron chi connectivity index (χ1n) is 11.4. The summed E-state index contributed by atoms with van der Waals surface area (Å²) in [5.74, 6) is 0.541. The van der Waals surface area contributed by atoms with Gasteiger partial charge in [0.15, 0.2) is 0 Å². The monoisotopic (exact) mass is 591 g/mol. The van der Waals surface area contributed by atoms with Gasteiger partial charge in [-0.2, -0.15) is 5.26 Å². The summed E-state index contributed by atoms with van der Waals surface area (Å²) in [6, 6.07) is 12.0. The Morgan fingerprint density at radius 1 is 1.24 bits per heavy atom. The molecule has 1 atom stereocenters. The predicted molar refractivity (Wildman–Crippen MR) is 146 cm³/mol. The maximum Gasteiger partial charge on any atom is 0.307 e. The molecule has 1 aliphatic heterocycles. The van der Waals surface area contributed by atoms with Gasteiger partial charge >= 0.3 is 5.97 Å². The van der Waals surface area contributed by atoms with Gasteiger partial charge in [0.2, 0.25) is 0 Å². The van der Waals surface area contributed by atoms with Gasteiger partial charge in [0.1, 0.15) is 5.75 Å². The van der Waals surface area contributed by atoms with Crippen molar-refractivity contribution in [1.82, 2.24) is 8.87 Å². The van der Waals surface area contributed by atoms with Crippen molar-refractivity contribution in [2.24, 2.45) is 0 Å². The lowest BCUT2D eigenvalue weighted by Gasteiger charge is -2.29. The Morgan fingerprint density at radius 2 is 1.97 bits per heavy atom. The molecular formula is C26H30IN3O3S. The Labute approximate surface area is 217 Å². The van der Waals surface area contributed by atoms with Crippen molar-refractivity contribution in [1.29, 1.82) is 5.26 Å². The van der Waals surface area contributed by atoms with E-state index in [9.17, 15) is 10.1 Å². The standard InChI is InChI=1S/C24H24IN3O3S.C2H6/c1-4-31-22(29)11-20(27-13-17-6-5-16(12-26)10-18(17)14-27)23-19-7-8-28(32-25)24(19)15(2)9-21(23)30-3;1-2/h5-10,20H,4,11,13-14H2,1-3H3;1-2H3. The van der Waals surface area contributed by atoms with Gasteiger partial charge in [0, 0.05) is 60.6 Å². The number of rotatable bonds is 7. The average molecular weight is 592 g/mol. The minimum atomic E-state index is -0.232. The number of esters is 1. The number of benzene rings is 2. The van der Waals surface area contributed by atoms with Crippen molar-refractivity contribution in [3.63, 3.8) is 0 Å². The fourth-order valence-electron chi connectivity index (χ4n) is 4.57. The lowest BCUT2D eigenvalue weighted by Crippen LogP contribution is -2.27. The third-order valence-corrected chi connectivity index (χ3v) is 7.67. The number of fused-ring (bicyclic) bond motifs is 2. The molecule has 2 heterocycles. The number of nitrogens with zero attached hydrogens (tertiary/aromatic N) is 3. The third kappa shape index (κ3) is 5.21. The molecule has 0 amide bonds. The molecule has 8 heteroatoms. The number of aryl methyl sites for hydroxylation is 1. The van der Waals surface area contributed by atoms with E-state index in [4.69, 9.17) is 9.47 Å². The molecule has 3 aromatic rings. The molecule has 2 aromatic carbocycles. The van der Waals surface area contributed by atoms with E-state index in [0.717, 1.165) is 33.3 Å². The Kier molecular flexibility index (Phi) is 9.28. The van der Waals surface area contributed by atoms with Crippen molar-refractivity contribution in [3.05, 3.63) is 64.3 Å². The van der Waals surface area contributed by atoms with Crippen LogP contribution in [0.25, 0.3) is 10.9 Å². The van der Waals surface area contributed by atoms with E-state index in [-0.39, 0.29) is 18.4 Å². The molecule has 180 valence electrons. The molecule has 1 aromatic heterocycles. The van der Waals surface area contributed by atoms with Gasteiger partial charge in [0.05, 0.1) is 43.3 Å². The number of methoxy groups -OCH3 is 1. The molecule has 1 unspecified atom stereocenters. The van der Waals surface area contributed by atoms with Crippen molar-refractivity contribution in [3.8, 4) is 11.8 Å². The number of hydrogen-bond donors (Lipinski definition) is 0. The van der Waals surface area contributed by atoms with E-state index in [1.165, 1.54) is 5.56 Å². The Balaban J connectivity index is 0.00000158. The topological polar surface area (TPSA) is 67.5 Å². The Hall–Kier alpha value is -2.22. The van der Waals surface area contributed by atoms with E-state index in [2.05, 4.69) is 61.4 Å². The summed E-state index contributed by atoms with van der Waals surface area (Å²) in [5, 5.41) is 10.4. The van der Waals surface area contributed by atoms with Crippen LogP contribution in [0, 0.1) is 18.3 Å². The zero-order valence-corrected chi connectivity index (χ0v) is 23.2. The van der Waals surface area contributed by atoms with Gasteiger partial charge in [-0.15, -0.1) is 0 Å². The summed E-state index contributed by atoms with van der Waals surface area (Å²) in [5.41, 5.74) is 6.20. The number of halogens is 1. The van der Waals surface area contributed by atoms with Crippen LogP contribution in [0.4, 0.5) is 0 Å². The number of carbonyl (C=O) groups excluding carboxylic acids is 1. The van der Waals surface area contributed by atoms with Crippen molar-refractivity contribution in [2.45, 2.75) is 53.2 Å². The molecule has 0 N–H and O–H groups in total. The second kappa shape index (κ2) is 12.0. The van der Waals surface area contributed by atoms with Crippen LogP contribution in [0.1, 0.15) is 61.1 Å². The van der Waals surface area contributed by atoms with Crippen LogP contribution in [0.15, 0.2) is 36.5 Å². The highest BCUT2D eigenvalue weighted by Crippen LogP contribution is 2.43. The van der Waals surface area contributed by atoms with E-state index < -0.39 is 0 Å². The molecule has 0 aliphatic carbocycles. The zero-order chi connectivity index (χ0) is 24.8. The highest BCUT2D eigenvalue weighted by atomic mass is 127. The van der Waals surface area contributed by atoms with Crippen molar-refractivity contribution >= 4 is 47.2 Å². The van der Waals surface area contributed by atoms with Gasteiger partial charge in [-0.25, -0.2) is 0 Å². The largest absolute Gasteiger partial charge is 0.496 e. The van der Waals surface area contributed by atoms with Crippen LogP contribution < -0.4 is 4.74 Å². The molecule has 34 heavy (non-hydrogen) atoms. The molecule has 0 bridgehead atoms. The smallest absolute Gasteiger partial charge is 0.307 e. The second-order valence-electron chi connectivity index (χ2n) is 7.81. The number of carbonyl (C=O) groups is 1. The van der Waals surface area contributed by atoms with E-state index in [1.54, 1.807) is 16.2 Å². The van der Waals surface area contributed by atoms with E-state index >= 15 is 0 Å². The maximum atomic E-state index is 12.7. The van der Waals surface area contributed by atoms with Gasteiger partial charge in [-0.1, -0.05) is 19.9 Å². The summed E-state index contributed by atoms with van der Waals surface area (Å²) >= 11 is 2.28.